The van der Waals surface area contributed by atoms with Crippen LogP contribution in [0.2, 0.25) is 0 Å². The lowest BCUT2D eigenvalue weighted by atomic mass is 10.1. The minimum Gasteiger partial charge on any atom is -0.317 e. The monoisotopic (exact) mass is 232 g/mol. The zero-order chi connectivity index (χ0) is 12.4. The van der Waals surface area contributed by atoms with Gasteiger partial charge in [0, 0.05) is 12.4 Å². The fourth-order valence-electron chi connectivity index (χ4n) is 1.58. The number of hydrogen-bond acceptors (Lipinski definition) is 3. The molecule has 0 radical (unpaired) electrons. The van der Waals surface area contributed by atoms with E-state index in [-0.39, 0.29) is 11.3 Å². The van der Waals surface area contributed by atoms with E-state index >= 15 is 0 Å². The number of hydroxylamine groups is 2. The van der Waals surface area contributed by atoms with E-state index < -0.39 is 5.91 Å². The molecule has 0 saturated carbocycles. The molecule has 2 rings (SSSR count). The number of carbonyl (C=O) groups excluding carboxylic acids is 1. The number of benzene rings is 1. The SMILES string of the molecule is CON(C)C(=O)c1cc2ccccc2c(=O)[nH]1. The Labute approximate surface area is 97.6 Å². The first-order valence-corrected chi connectivity index (χ1v) is 5.07. The van der Waals surface area contributed by atoms with Gasteiger partial charge in [0.2, 0.25) is 0 Å². The summed E-state index contributed by atoms with van der Waals surface area (Å²) in [6.45, 7) is 0. The maximum Gasteiger partial charge on any atom is 0.293 e. The van der Waals surface area contributed by atoms with Crippen molar-refractivity contribution in [2.75, 3.05) is 14.2 Å². The van der Waals surface area contributed by atoms with Crippen LogP contribution in [-0.4, -0.2) is 30.1 Å². The molecule has 17 heavy (non-hydrogen) atoms. The molecule has 0 atom stereocenters. The highest BCUT2D eigenvalue weighted by Gasteiger charge is 2.13. The zero-order valence-electron chi connectivity index (χ0n) is 9.56. The molecule has 0 spiro atoms. The average Bonchev–Trinajstić information content (AvgIpc) is 2.37. The second kappa shape index (κ2) is 4.39. The standard InChI is InChI=1S/C12H12N2O3/c1-14(17-2)12(16)10-7-8-5-3-4-6-9(8)11(15)13-10/h3-7H,1-2H3,(H,13,15). The van der Waals surface area contributed by atoms with Crippen molar-refractivity contribution in [1.82, 2.24) is 10.0 Å². The molecule has 0 aliphatic heterocycles. The molecule has 0 bridgehead atoms. The molecule has 1 N–H and O–H groups in total. The molecule has 0 unspecified atom stereocenters. The van der Waals surface area contributed by atoms with E-state index in [0.29, 0.717) is 5.39 Å². The number of nitrogens with one attached hydrogen (secondary N) is 1. The summed E-state index contributed by atoms with van der Waals surface area (Å²) in [6.07, 6.45) is 0. The van der Waals surface area contributed by atoms with Crippen molar-refractivity contribution in [2.24, 2.45) is 0 Å². The highest BCUT2D eigenvalue weighted by atomic mass is 16.7. The minimum atomic E-state index is -0.393. The van der Waals surface area contributed by atoms with Gasteiger partial charge in [0.25, 0.3) is 11.5 Å². The average molecular weight is 232 g/mol. The number of pyridine rings is 1. The van der Waals surface area contributed by atoms with Crippen molar-refractivity contribution in [3.05, 3.63) is 46.4 Å². The molecule has 1 aromatic carbocycles. The molecular formula is C12H12N2O3. The Morgan fingerprint density at radius 2 is 2.06 bits per heavy atom. The Kier molecular flexibility index (Phi) is 2.93. The van der Waals surface area contributed by atoms with Gasteiger partial charge < -0.3 is 4.98 Å². The van der Waals surface area contributed by atoms with E-state index in [1.807, 2.05) is 6.07 Å². The number of aromatic amines is 1. The molecule has 88 valence electrons. The van der Waals surface area contributed by atoms with Crippen molar-refractivity contribution >= 4 is 16.7 Å². The third kappa shape index (κ3) is 2.05. The fraction of sp³-hybridized carbons (Fsp3) is 0.167. The summed E-state index contributed by atoms with van der Waals surface area (Å²) in [5.74, 6) is -0.393. The van der Waals surface area contributed by atoms with E-state index in [1.165, 1.54) is 14.2 Å². The Hall–Kier alpha value is -2.14. The number of amides is 1. The number of nitrogens with zero attached hydrogens (tertiary/aromatic N) is 1. The normalized spacial score (nSPS) is 10.5. The fourth-order valence-corrected chi connectivity index (χ4v) is 1.58. The van der Waals surface area contributed by atoms with Crippen LogP contribution in [0.4, 0.5) is 0 Å². The van der Waals surface area contributed by atoms with Gasteiger partial charge in [-0.3, -0.25) is 14.4 Å². The van der Waals surface area contributed by atoms with Crippen LogP contribution in [0.1, 0.15) is 10.5 Å². The number of fused-ring (bicyclic) bond motifs is 1. The summed E-state index contributed by atoms with van der Waals surface area (Å²) in [7, 11) is 2.87. The van der Waals surface area contributed by atoms with Crippen LogP contribution in [0.5, 0.6) is 0 Å². The zero-order valence-corrected chi connectivity index (χ0v) is 9.56. The van der Waals surface area contributed by atoms with Crippen LogP contribution >= 0.6 is 0 Å². The van der Waals surface area contributed by atoms with Gasteiger partial charge >= 0.3 is 0 Å². The van der Waals surface area contributed by atoms with Gasteiger partial charge in [0.1, 0.15) is 5.69 Å². The third-order valence-electron chi connectivity index (χ3n) is 2.54. The molecule has 1 aromatic heterocycles. The lowest BCUT2D eigenvalue weighted by Gasteiger charge is -2.13. The molecular weight excluding hydrogens is 220 g/mol. The number of H-pyrrole nitrogens is 1. The van der Waals surface area contributed by atoms with Crippen molar-refractivity contribution in [1.29, 1.82) is 0 Å². The van der Waals surface area contributed by atoms with Crippen molar-refractivity contribution < 1.29 is 9.63 Å². The molecule has 1 heterocycles. The lowest BCUT2D eigenvalue weighted by molar-refractivity contribution is -0.0760. The molecule has 5 heteroatoms. The molecule has 0 fully saturated rings. The molecule has 0 aliphatic rings. The second-order valence-electron chi connectivity index (χ2n) is 3.58. The van der Waals surface area contributed by atoms with Crippen LogP contribution in [0.15, 0.2) is 35.1 Å². The summed E-state index contributed by atoms with van der Waals surface area (Å²) in [6, 6.07) is 8.72. The topological polar surface area (TPSA) is 62.4 Å². The Morgan fingerprint density at radius 3 is 2.76 bits per heavy atom. The number of aromatic nitrogens is 1. The van der Waals surface area contributed by atoms with E-state index in [4.69, 9.17) is 4.84 Å². The molecule has 0 saturated heterocycles. The molecule has 0 aliphatic carbocycles. The van der Waals surface area contributed by atoms with Crippen molar-refractivity contribution in [2.45, 2.75) is 0 Å². The molecule has 1 amide bonds. The maximum absolute atomic E-state index is 11.8. The van der Waals surface area contributed by atoms with Crippen LogP contribution < -0.4 is 5.56 Å². The van der Waals surface area contributed by atoms with Gasteiger partial charge in [-0.2, -0.15) is 0 Å². The summed E-state index contributed by atoms with van der Waals surface area (Å²) in [4.78, 5) is 30.9. The summed E-state index contributed by atoms with van der Waals surface area (Å²) in [5, 5.41) is 2.34. The van der Waals surface area contributed by atoms with E-state index in [1.54, 1.807) is 24.3 Å². The van der Waals surface area contributed by atoms with E-state index in [0.717, 1.165) is 10.4 Å². The maximum atomic E-state index is 11.8. The van der Waals surface area contributed by atoms with E-state index in [9.17, 15) is 9.59 Å². The van der Waals surface area contributed by atoms with Crippen LogP contribution in [-0.2, 0) is 4.84 Å². The number of carbonyl (C=O) groups is 1. The first kappa shape index (κ1) is 11.3. The lowest BCUT2D eigenvalue weighted by Crippen LogP contribution is -2.28. The number of rotatable bonds is 2. The van der Waals surface area contributed by atoms with Gasteiger partial charge in [-0.1, -0.05) is 18.2 Å². The van der Waals surface area contributed by atoms with Gasteiger partial charge in [0.15, 0.2) is 0 Å². The highest BCUT2D eigenvalue weighted by Crippen LogP contribution is 2.10. The van der Waals surface area contributed by atoms with Gasteiger partial charge in [0.05, 0.1) is 7.11 Å². The molecule has 2 aromatic rings. The smallest absolute Gasteiger partial charge is 0.293 e. The Balaban J connectivity index is 2.58. The third-order valence-corrected chi connectivity index (χ3v) is 2.54. The minimum absolute atomic E-state index is 0.207. The first-order chi connectivity index (χ1) is 8.13. The van der Waals surface area contributed by atoms with Crippen LogP contribution in [0, 0.1) is 0 Å². The van der Waals surface area contributed by atoms with Crippen LogP contribution in [0.25, 0.3) is 10.8 Å². The summed E-state index contributed by atoms with van der Waals surface area (Å²) < 4.78 is 0. The summed E-state index contributed by atoms with van der Waals surface area (Å²) in [5.41, 5.74) is -0.0750. The van der Waals surface area contributed by atoms with Crippen LogP contribution in [0.3, 0.4) is 0 Å². The van der Waals surface area contributed by atoms with Crippen molar-refractivity contribution in [3.63, 3.8) is 0 Å². The highest BCUT2D eigenvalue weighted by molar-refractivity contribution is 5.95. The summed E-state index contributed by atoms with van der Waals surface area (Å²) >= 11 is 0. The largest absolute Gasteiger partial charge is 0.317 e. The van der Waals surface area contributed by atoms with Gasteiger partial charge in [-0.05, 0) is 17.5 Å². The predicted molar refractivity (Wildman–Crippen MR) is 63.7 cm³/mol. The Bertz CT molecular complexity index is 618. The van der Waals surface area contributed by atoms with Crippen molar-refractivity contribution in [3.8, 4) is 0 Å². The van der Waals surface area contributed by atoms with Gasteiger partial charge in [-0.25, -0.2) is 5.06 Å². The van der Waals surface area contributed by atoms with E-state index in [2.05, 4.69) is 4.98 Å². The molecule has 5 nitrogen and oxygen atoms in total. The first-order valence-electron chi connectivity index (χ1n) is 5.07. The predicted octanol–water partition coefficient (Wildman–Crippen LogP) is 1.16. The second-order valence-corrected chi connectivity index (χ2v) is 3.58. The quantitative estimate of drug-likeness (QED) is 0.790. The Morgan fingerprint density at radius 1 is 1.35 bits per heavy atom. The van der Waals surface area contributed by atoms with Gasteiger partial charge in [-0.15, -0.1) is 0 Å². The number of hydrogen-bond donors (Lipinski definition) is 1.